The van der Waals surface area contributed by atoms with Crippen molar-refractivity contribution in [2.75, 3.05) is 0 Å². The van der Waals surface area contributed by atoms with Gasteiger partial charge in [-0.3, -0.25) is 4.68 Å². The van der Waals surface area contributed by atoms with Gasteiger partial charge in [0.05, 0.1) is 5.54 Å². The van der Waals surface area contributed by atoms with Crippen LogP contribution in [0.2, 0.25) is 0 Å². The minimum Gasteiger partial charge on any atom is -0.473 e. The molecule has 1 aromatic rings. The quantitative estimate of drug-likeness (QED) is 0.796. The lowest BCUT2D eigenvalue weighted by atomic mass is 9.89. The molecule has 3 heteroatoms. The third kappa shape index (κ3) is 2.70. The van der Waals surface area contributed by atoms with E-state index in [4.69, 9.17) is 4.74 Å². The molecule has 0 radical (unpaired) electrons. The Morgan fingerprint density at radius 3 is 2.17 bits per heavy atom. The van der Waals surface area contributed by atoms with E-state index in [9.17, 15) is 0 Å². The molecule has 1 aliphatic carbocycles. The number of ether oxygens (including phenoxy) is 1. The van der Waals surface area contributed by atoms with Gasteiger partial charge in [-0.15, -0.1) is 5.10 Å². The number of rotatable bonds is 2. The first-order valence-electron chi connectivity index (χ1n) is 6.95. The summed E-state index contributed by atoms with van der Waals surface area (Å²) in [6, 6.07) is 0. The summed E-state index contributed by atoms with van der Waals surface area (Å²) in [6.07, 6.45) is 6.16. The van der Waals surface area contributed by atoms with Crippen LogP contribution in [0.15, 0.2) is 6.20 Å². The first-order valence-corrected chi connectivity index (χ1v) is 6.95. The summed E-state index contributed by atoms with van der Waals surface area (Å²) in [5.41, 5.74) is 1.29. The first-order chi connectivity index (χ1) is 8.18. The zero-order valence-corrected chi connectivity index (χ0v) is 12.6. The lowest BCUT2D eigenvalue weighted by Crippen LogP contribution is -2.26. The van der Waals surface area contributed by atoms with Crippen LogP contribution in [0.1, 0.15) is 66.4 Å². The van der Waals surface area contributed by atoms with Gasteiger partial charge in [-0.2, -0.15) is 0 Å². The van der Waals surface area contributed by atoms with E-state index in [-0.39, 0.29) is 11.0 Å². The van der Waals surface area contributed by atoms with E-state index >= 15 is 0 Å². The van der Waals surface area contributed by atoms with Gasteiger partial charge in [0.1, 0.15) is 6.10 Å². The van der Waals surface area contributed by atoms with Gasteiger partial charge < -0.3 is 4.74 Å². The van der Waals surface area contributed by atoms with Crippen LogP contribution in [0.25, 0.3) is 0 Å². The van der Waals surface area contributed by atoms with Gasteiger partial charge in [0.15, 0.2) is 0 Å². The maximum Gasteiger partial charge on any atom is 0.236 e. The molecular weight excluding hydrogens is 224 g/mol. The second-order valence-corrected chi connectivity index (χ2v) is 7.38. The van der Waals surface area contributed by atoms with Crippen LogP contribution < -0.4 is 4.74 Å². The molecule has 0 spiro atoms. The normalized spacial score (nSPS) is 17.7. The van der Waals surface area contributed by atoms with Crippen molar-refractivity contribution in [2.45, 2.75) is 77.9 Å². The van der Waals surface area contributed by atoms with E-state index in [0.29, 0.717) is 6.10 Å². The number of hydrogen-bond acceptors (Lipinski definition) is 2. The van der Waals surface area contributed by atoms with Gasteiger partial charge in [-0.05, 0) is 45.4 Å². The Hall–Kier alpha value is -0.990. The molecule has 0 N–H and O–H groups in total. The first kappa shape index (κ1) is 13.4. The molecule has 102 valence electrons. The summed E-state index contributed by atoms with van der Waals surface area (Å²) in [5, 5.41) is 4.66. The van der Waals surface area contributed by atoms with Gasteiger partial charge >= 0.3 is 0 Å². The zero-order valence-electron chi connectivity index (χ0n) is 12.6. The van der Waals surface area contributed by atoms with E-state index in [2.05, 4.69) is 52.8 Å². The maximum atomic E-state index is 6.05. The largest absolute Gasteiger partial charge is 0.473 e. The van der Waals surface area contributed by atoms with Crippen LogP contribution in [-0.4, -0.2) is 15.9 Å². The van der Waals surface area contributed by atoms with E-state index in [1.54, 1.807) is 0 Å². The zero-order chi connectivity index (χ0) is 13.6. The average molecular weight is 250 g/mol. The molecule has 2 rings (SSSR count). The Morgan fingerprint density at radius 1 is 1.17 bits per heavy atom. The number of nitrogens with zero attached hydrogens (tertiary/aromatic N) is 2. The van der Waals surface area contributed by atoms with Crippen molar-refractivity contribution in [2.24, 2.45) is 0 Å². The molecule has 1 heterocycles. The fourth-order valence-electron chi connectivity index (χ4n) is 1.95. The number of hydrogen-bond donors (Lipinski definition) is 0. The molecule has 0 aromatic carbocycles. The lowest BCUT2D eigenvalue weighted by molar-refractivity contribution is 0.110. The van der Waals surface area contributed by atoms with Crippen molar-refractivity contribution < 1.29 is 4.74 Å². The smallest absolute Gasteiger partial charge is 0.236 e. The third-order valence-corrected chi connectivity index (χ3v) is 3.51. The van der Waals surface area contributed by atoms with Crippen LogP contribution >= 0.6 is 0 Å². The van der Waals surface area contributed by atoms with Crippen molar-refractivity contribution >= 4 is 0 Å². The second kappa shape index (κ2) is 4.29. The highest BCUT2D eigenvalue weighted by Crippen LogP contribution is 2.34. The highest BCUT2D eigenvalue weighted by Gasteiger charge is 2.29. The van der Waals surface area contributed by atoms with E-state index in [1.165, 1.54) is 24.8 Å². The Morgan fingerprint density at radius 2 is 1.78 bits per heavy atom. The van der Waals surface area contributed by atoms with Gasteiger partial charge in [-0.1, -0.05) is 20.8 Å². The van der Waals surface area contributed by atoms with E-state index in [1.807, 2.05) is 4.68 Å². The molecule has 1 aromatic heterocycles. The van der Waals surface area contributed by atoms with Crippen molar-refractivity contribution in [3.8, 4) is 5.88 Å². The van der Waals surface area contributed by atoms with E-state index < -0.39 is 0 Å². The molecule has 1 aliphatic rings. The standard InChI is InChI=1S/C15H26N2O/c1-14(2,3)12-10-17(15(4,5)6)16-13(12)18-11-8-7-9-11/h10-11H,7-9H2,1-6H3. The monoisotopic (exact) mass is 250 g/mol. The predicted molar refractivity (Wildman–Crippen MR) is 74.2 cm³/mol. The van der Waals surface area contributed by atoms with Crippen molar-refractivity contribution in [3.05, 3.63) is 11.8 Å². The Kier molecular flexibility index (Phi) is 3.20. The molecule has 3 nitrogen and oxygen atoms in total. The Labute approximate surface area is 111 Å². The molecule has 0 bridgehead atoms. The summed E-state index contributed by atoms with van der Waals surface area (Å²) in [6.45, 7) is 13.1. The van der Waals surface area contributed by atoms with Crippen LogP contribution in [0.3, 0.4) is 0 Å². The molecule has 0 unspecified atom stereocenters. The second-order valence-electron chi connectivity index (χ2n) is 7.38. The van der Waals surface area contributed by atoms with Gasteiger partial charge in [0.25, 0.3) is 0 Å². The molecule has 0 saturated heterocycles. The molecule has 0 amide bonds. The predicted octanol–water partition coefficient (Wildman–Crippen LogP) is 3.87. The van der Waals surface area contributed by atoms with Crippen molar-refractivity contribution in [1.29, 1.82) is 0 Å². The average Bonchev–Trinajstić information content (AvgIpc) is 2.53. The van der Waals surface area contributed by atoms with Crippen LogP contribution in [0, 0.1) is 0 Å². The molecular formula is C15H26N2O. The maximum absolute atomic E-state index is 6.05. The van der Waals surface area contributed by atoms with Crippen molar-refractivity contribution in [1.82, 2.24) is 9.78 Å². The van der Waals surface area contributed by atoms with Gasteiger partial charge in [-0.25, -0.2) is 0 Å². The Bertz CT molecular complexity index is 417. The van der Waals surface area contributed by atoms with Crippen LogP contribution in [-0.2, 0) is 11.0 Å². The molecule has 1 saturated carbocycles. The fourth-order valence-corrected chi connectivity index (χ4v) is 1.95. The van der Waals surface area contributed by atoms with Crippen molar-refractivity contribution in [3.63, 3.8) is 0 Å². The van der Waals surface area contributed by atoms with E-state index in [0.717, 1.165) is 5.88 Å². The summed E-state index contributed by atoms with van der Waals surface area (Å²) in [4.78, 5) is 0. The summed E-state index contributed by atoms with van der Waals surface area (Å²) in [7, 11) is 0. The molecule has 18 heavy (non-hydrogen) atoms. The number of aromatic nitrogens is 2. The highest BCUT2D eigenvalue weighted by atomic mass is 16.5. The minimum absolute atomic E-state index is 0.00121. The SMILES string of the molecule is CC(C)(C)c1cn(C(C)(C)C)nc1OC1CCC1. The summed E-state index contributed by atoms with van der Waals surface area (Å²) >= 11 is 0. The van der Waals surface area contributed by atoms with Crippen LogP contribution in [0.5, 0.6) is 5.88 Å². The third-order valence-electron chi connectivity index (χ3n) is 3.51. The molecule has 0 atom stereocenters. The lowest BCUT2D eigenvalue weighted by Gasteiger charge is -2.27. The van der Waals surface area contributed by atoms with Crippen LogP contribution in [0.4, 0.5) is 0 Å². The highest BCUT2D eigenvalue weighted by molar-refractivity contribution is 5.31. The summed E-state index contributed by atoms with van der Waals surface area (Å²) < 4.78 is 8.08. The fraction of sp³-hybridized carbons (Fsp3) is 0.800. The molecule has 0 aliphatic heterocycles. The minimum atomic E-state index is 0.00121. The van der Waals surface area contributed by atoms with Gasteiger partial charge in [0.2, 0.25) is 5.88 Å². The Balaban J connectivity index is 2.32. The van der Waals surface area contributed by atoms with Gasteiger partial charge in [0, 0.05) is 11.8 Å². The summed E-state index contributed by atoms with van der Waals surface area (Å²) in [5.74, 6) is 0.835. The molecule has 1 fully saturated rings. The topological polar surface area (TPSA) is 27.1 Å².